The molecule has 0 aliphatic heterocycles. The van der Waals surface area contributed by atoms with E-state index in [1.165, 1.54) is 0 Å². The van der Waals surface area contributed by atoms with Gasteiger partial charge in [-0.15, -0.1) is 0 Å². The average molecular weight is 213 g/mol. The number of hydrogen-bond acceptors (Lipinski definition) is 2. The molecule has 0 bridgehead atoms. The molecule has 2 N–H and O–H groups in total. The smallest absolute Gasteiger partial charge is 0.223 e. The molecule has 1 amide bonds. The van der Waals surface area contributed by atoms with Crippen molar-refractivity contribution < 1.29 is 9.90 Å². The topological polar surface area (TPSA) is 49.3 Å². The first-order chi connectivity index (χ1) is 7.13. The second-order valence-corrected chi connectivity index (χ2v) is 4.82. The number of carbonyl (C=O) groups excluding carboxylic acids is 1. The van der Waals surface area contributed by atoms with E-state index >= 15 is 0 Å². The Morgan fingerprint density at radius 1 is 1.47 bits per heavy atom. The summed E-state index contributed by atoms with van der Waals surface area (Å²) in [5.41, 5.74) is -0.306. The van der Waals surface area contributed by atoms with E-state index in [4.69, 9.17) is 0 Å². The van der Waals surface area contributed by atoms with Crippen LogP contribution >= 0.6 is 0 Å². The van der Waals surface area contributed by atoms with E-state index < -0.39 is 0 Å². The van der Waals surface area contributed by atoms with Crippen LogP contribution < -0.4 is 5.32 Å². The summed E-state index contributed by atoms with van der Waals surface area (Å²) in [6.07, 6.45) is 6.03. The molecule has 1 fully saturated rings. The van der Waals surface area contributed by atoms with Gasteiger partial charge in [0.05, 0.1) is 12.1 Å². The van der Waals surface area contributed by atoms with Gasteiger partial charge in [0.25, 0.3) is 0 Å². The lowest BCUT2D eigenvalue weighted by Crippen LogP contribution is -2.50. The SMILES string of the molecule is CCCC(C)C(=O)NC1(CO)CCCC1. The summed E-state index contributed by atoms with van der Waals surface area (Å²) in [7, 11) is 0. The zero-order valence-electron chi connectivity index (χ0n) is 9.88. The Kier molecular flexibility index (Phi) is 4.58. The average Bonchev–Trinajstić information content (AvgIpc) is 2.67. The largest absolute Gasteiger partial charge is 0.394 e. The quantitative estimate of drug-likeness (QED) is 0.732. The van der Waals surface area contributed by atoms with Crippen molar-refractivity contribution in [2.75, 3.05) is 6.61 Å². The zero-order valence-corrected chi connectivity index (χ0v) is 9.88. The van der Waals surface area contributed by atoms with E-state index in [-0.39, 0.29) is 24.0 Å². The van der Waals surface area contributed by atoms with Crippen molar-refractivity contribution in [3.8, 4) is 0 Å². The molecule has 1 aliphatic carbocycles. The summed E-state index contributed by atoms with van der Waals surface area (Å²) >= 11 is 0. The van der Waals surface area contributed by atoms with Crippen LogP contribution in [0.2, 0.25) is 0 Å². The Morgan fingerprint density at radius 2 is 2.07 bits per heavy atom. The van der Waals surface area contributed by atoms with Crippen LogP contribution in [-0.2, 0) is 4.79 Å². The van der Waals surface area contributed by atoms with Gasteiger partial charge in [0.2, 0.25) is 5.91 Å². The first-order valence-electron chi connectivity index (χ1n) is 6.06. The summed E-state index contributed by atoms with van der Waals surface area (Å²) in [5, 5.41) is 12.4. The minimum atomic E-state index is -0.306. The molecule has 0 radical (unpaired) electrons. The number of nitrogens with one attached hydrogen (secondary N) is 1. The van der Waals surface area contributed by atoms with Crippen molar-refractivity contribution in [2.45, 2.75) is 57.9 Å². The lowest BCUT2D eigenvalue weighted by molar-refractivity contribution is -0.127. The van der Waals surface area contributed by atoms with Gasteiger partial charge in [-0.3, -0.25) is 4.79 Å². The number of amides is 1. The van der Waals surface area contributed by atoms with Gasteiger partial charge in [0.1, 0.15) is 0 Å². The standard InChI is InChI=1S/C12H23NO2/c1-3-6-10(2)11(15)13-12(9-14)7-4-5-8-12/h10,14H,3-9H2,1-2H3,(H,13,15). The van der Waals surface area contributed by atoms with Gasteiger partial charge in [-0.05, 0) is 19.3 Å². The van der Waals surface area contributed by atoms with Crippen LogP contribution in [0.25, 0.3) is 0 Å². The fourth-order valence-corrected chi connectivity index (χ4v) is 2.32. The summed E-state index contributed by atoms with van der Waals surface area (Å²) in [5.74, 6) is 0.173. The van der Waals surface area contributed by atoms with Crippen LogP contribution in [0, 0.1) is 5.92 Å². The highest BCUT2D eigenvalue weighted by molar-refractivity contribution is 5.79. The predicted molar refractivity (Wildman–Crippen MR) is 60.5 cm³/mol. The Bertz CT molecular complexity index is 210. The van der Waals surface area contributed by atoms with Crippen LogP contribution in [0.5, 0.6) is 0 Å². The molecule has 0 spiro atoms. The minimum absolute atomic E-state index is 0.0685. The third-order valence-electron chi connectivity index (χ3n) is 3.42. The lowest BCUT2D eigenvalue weighted by atomic mass is 9.96. The Hall–Kier alpha value is -0.570. The number of rotatable bonds is 5. The molecule has 15 heavy (non-hydrogen) atoms. The van der Waals surface area contributed by atoms with Crippen LogP contribution in [0.4, 0.5) is 0 Å². The van der Waals surface area contributed by atoms with Gasteiger partial charge in [0, 0.05) is 5.92 Å². The van der Waals surface area contributed by atoms with E-state index in [0.29, 0.717) is 0 Å². The van der Waals surface area contributed by atoms with E-state index in [1.54, 1.807) is 0 Å². The highest BCUT2D eigenvalue weighted by Crippen LogP contribution is 2.29. The van der Waals surface area contributed by atoms with E-state index in [9.17, 15) is 9.90 Å². The summed E-state index contributed by atoms with van der Waals surface area (Å²) < 4.78 is 0. The molecule has 88 valence electrons. The fraction of sp³-hybridized carbons (Fsp3) is 0.917. The normalized spacial score (nSPS) is 21.3. The molecule has 0 saturated heterocycles. The molecule has 1 saturated carbocycles. The molecule has 0 aromatic heterocycles. The molecule has 0 aromatic carbocycles. The molecular formula is C12H23NO2. The fourth-order valence-electron chi connectivity index (χ4n) is 2.32. The van der Waals surface area contributed by atoms with Crippen LogP contribution in [0.1, 0.15) is 52.4 Å². The minimum Gasteiger partial charge on any atom is -0.394 e. The summed E-state index contributed by atoms with van der Waals surface area (Å²) in [6, 6.07) is 0. The van der Waals surface area contributed by atoms with Crippen molar-refractivity contribution in [3.05, 3.63) is 0 Å². The molecule has 1 rings (SSSR count). The van der Waals surface area contributed by atoms with Crippen LogP contribution in [-0.4, -0.2) is 23.2 Å². The third-order valence-corrected chi connectivity index (χ3v) is 3.42. The molecule has 0 aromatic rings. The molecule has 3 nitrogen and oxygen atoms in total. The maximum Gasteiger partial charge on any atom is 0.223 e. The monoisotopic (exact) mass is 213 g/mol. The number of hydrogen-bond donors (Lipinski definition) is 2. The lowest BCUT2D eigenvalue weighted by Gasteiger charge is -2.29. The first-order valence-corrected chi connectivity index (χ1v) is 6.06. The second-order valence-electron chi connectivity index (χ2n) is 4.82. The van der Waals surface area contributed by atoms with E-state index in [0.717, 1.165) is 38.5 Å². The molecule has 1 aliphatic rings. The Labute approximate surface area is 92.3 Å². The van der Waals surface area contributed by atoms with Crippen molar-refractivity contribution in [1.82, 2.24) is 5.32 Å². The van der Waals surface area contributed by atoms with Crippen LogP contribution in [0.3, 0.4) is 0 Å². The Balaban J connectivity index is 2.48. The molecule has 1 atom stereocenters. The van der Waals surface area contributed by atoms with Gasteiger partial charge < -0.3 is 10.4 Å². The maximum atomic E-state index is 11.8. The van der Waals surface area contributed by atoms with Crippen molar-refractivity contribution in [3.63, 3.8) is 0 Å². The summed E-state index contributed by atoms with van der Waals surface area (Å²) in [6.45, 7) is 4.12. The van der Waals surface area contributed by atoms with Gasteiger partial charge in [-0.2, -0.15) is 0 Å². The van der Waals surface area contributed by atoms with E-state index in [2.05, 4.69) is 12.2 Å². The highest BCUT2D eigenvalue weighted by Gasteiger charge is 2.35. The van der Waals surface area contributed by atoms with Gasteiger partial charge in [-0.25, -0.2) is 0 Å². The molecule has 3 heteroatoms. The molecule has 0 heterocycles. The Morgan fingerprint density at radius 3 is 2.53 bits per heavy atom. The zero-order chi connectivity index (χ0) is 11.3. The first kappa shape index (κ1) is 12.5. The third kappa shape index (κ3) is 3.20. The van der Waals surface area contributed by atoms with Crippen molar-refractivity contribution in [1.29, 1.82) is 0 Å². The van der Waals surface area contributed by atoms with Crippen molar-refractivity contribution >= 4 is 5.91 Å². The van der Waals surface area contributed by atoms with E-state index in [1.807, 2.05) is 6.92 Å². The second kappa shape index (κ2) is 5.50. The summed E-state index contributed by atoms with van der Waals surface area (Å²) in [4.78, 5) is 11.8. The highest BCUT2D eigenvalue weighted by atomic mass is 16.3. The number of carbonyl (C=O) groups is 1. The number of aliphatic hydroxyl groups is 1. The predicted octanol–water partition coefficient (Wildman–Crippen LogP) is 1.84. The van der Waals surface area contributed by atoms with Gasteiger partial charge in [-0.1, -0.05) is 33.1 Å². The molecule has 1 unspecified atom stereocenters. The maximum absolute atomic E-state index is 11.8. The van der Waals surface area contributed by atoms with Gasteiger partial charge in [0.15, 0.2) is 0 Å². The van der Waals surface area contributed by atoms with Gasteiger partial charge >= 0.3 is 0 Å². The van der Waals surface area contributed by atoms with Crippen molar-refractivity contribution in [2.24, 2.45) is 5.92 Å². The van der Waals surface area contributed by atoms with Crippen LogP contribution in [0.15, 0.2) is 0 Å². The molecular weight excluding hydrogens is 190 g/mol. The number of aliphatic hydroxyl groups excluding tert-OH is 1.